The maximum Gasteiger partial charge on any atom is 0.407 e. The third kappa shape index (κ3) is 5.71. The smallest absolute Gasteiger partial charge is 0.407 e. The summed E-state index contributed by atoms with van der Waals surface area (Å²) in [5.74, 6) is -0.226. The molecule has 1 N–H and O–H groups in total. The maximum atomic E-state index is 12.8. The van der Waals surface area contributed by atoms with Crippen molar-refractivity contribution in [3.05, 3.63) is 35.4 Å². The van der Waals surface area contributed by atoms with Crippen LogP contribution in [0.5, 0.6) is 0 Å². The quantitative estimate of drug-likeness (QED) is 0.866. The van der Waals surface area contributed by atoms with Crippen LogP contribution in [0.15, 0.2) is 24.3 Å². The predicted molar refractivity (Wildman–Crippen MR) is 97.7 cm³/mol. The van der Waals surface area contributed by atoms with Gasteiger partial charge in [0.05, 0.1) is 17.4 Å². The van der Waals surface area contributed by atoms with E-state index < -0.39 is 21.7 Å². The zero-order valence-corrected chi connectivity index (χ0v) is 16.2. The SMILES string of the molecule is CC(C)(C)OC(=O)N[C@H]1CCCN(S(=O)(=O)Cc2ccccc2C#N)C1. The number of benzene rings is 1. The van der Waals surface area contributed by atoms with Gasteiger partial charge >= 0.3 is 6.09 Å². The molecule has 0 spiro atoms. The molecular formula is C18H25N3O4S. The van der Waals surface area contributed by atoms with Crippen LogP contribution >= 0.6 is 0 Å². The lowest BCUT2D eigenvalue weighted by molar-refractivity contribution is 0.0487. The summed E-state index contributed by atoms with van der Waals surface area (Å²) >= 11 is 0. The average molecular weight is 379 g/mol. The van der Waals surface area contributed by atoms with Crippen LogP contribution in [0.1, 0.15) is 44.7 Å². The molecule has 1 atom stereocenters. The van der Waals surface area contributed by atoms with Gasteiger partial charge in [0.1, 0.15) is 5.60 Å². The van der Waals surface area contributed by atoms with Crippen molar-refractivity contribution in [1.29, 1.82) is 5.26 Å². The van der Waals surface area contributed by atoms with Gasteiger partial charge in [-0.25, -0.2) is 13.2 Å². The molecule has 8 heteroatoms. The second kappa shape index (κ2) is 8.06. The number of carbonyl (C=O) groups is 1. The van der Waals surface area contributed by atoms with Gasteiger partial charge in [0.2, 0.25) is 10.0 Å². The van der Waals surface area contributed by atoms with Gasteiger partial charge < -0.3 is 10.1 Å². The summed E-state index contributed by atoms with van der Waals surface area (Å²) in [5, 5.41) is 11.9. The molecule has 1 amide bonds. The molecule has 0 bridgehead atoms. The summed E-state index contributed by atoms with van der Waals surface area (Å²) in [5.41, 5.74) is 0.236. The first kappa shape index (κ1) is 20.2. The highest BCUT2D eigenvalue weighted by atomic mass is 32.2. The zero-order chi connectivity index (χ0) is 19.4. The second-order valence-electron chi connectivity index (χ2n) is 7.37. The van der Waals surface area contributed by atoms with E-state index in [4.69, 9.17) is 10.00 Å². The van der Waals surface area contributed by atoms with E-state index in [-0.39, 0.29) is 18.3 Å². The number of sulfonamides is 1. The van der Waals surface area contributed by atoms with Crippen molar-refractivity contribution in [2.24, 2.45) is 0 Å². The van der Waals surface area contributed by atoms with Gasteiger partial charge in [-0.3, -0.25) is 0 Å². The van der Waals surface area contributed by atoms with Gasteiger partial charge in [0.25, 0.3) is 0 Å². The van der Waals surface area contributed by atoms with E-state index in [0.29, 0.717) is 30.5 Å². The van der Waals surface area contributed by atoms with Crippen LogP contribution in [0, 0.1) is 11.3 Å². The Morgan fingerprint density at radius 1 is 1.38 bits per heavy atom. The summed E-state index contributed by atoms with van der Waals surface area (Å²) in [4.78, 5) is 11.9. The minimum atomic E-state index is -3.58. The van der Waals surface area contributed by atoms with E-state index in [9.17, 15) is 13.2 Å². The molecule has 1 aromatic carbocycles. The van der Waals surface area contributed by atoms with E-state index in [1.54, 1.807) is 45.0 Å². The Labute approximate surface area is 155 Å². The third-order valence-electron chi connectivity index (χ3n) is 3.97. The first-order valence-corrected chi connectivity index (χ1v) is 10.2. The highest BCUT2D eigenvalue weighted by Gasteiger charge is 2.31. The average Bonchev–Trinajstić information content (AvgIpc) is 2.53. The fourth-order valence-electron chi connectivity index (χ4n) is 2.83. The highest BCUT2D eigenvalue weighted by molar-refractivity contribution is 7.88. The van der Waals surface area contributed by atoms with Crippen molar-refractivity contribution in [3.63, 3.8) is 0 Å². The Morgan fingerprint density at radius 3 is 2.73 bits per heavy atom. The third-order valence-corrected chi connectivity index (χ3v) is 5.77. The molecule has 1 aliphatic rings. The summed E-state index contributed by atoms with van der Waals surface area (Å²) in [6, 6.07) is 8.41. The van der Waals surface area contributed by atoms with E-state index in [1.165, 1.54) is 4.31 Å². The van der Waals surface area contributed by atoms with Crippen molar-refractivity contribution in [3.8, 4) is 6.07 Å². The zero-order valence-electron chi connectivity index (χ0n) is 15.4. The molecule has 26 heavy (non-hydrogen) atoms. The lowest BCUT2D eigenvalue weighted by Crippen LogP contribution is -2.50. The monoisotopic (exact) mass is 379 g/mol. The molecule has 0 unspecified atom stereocenters. The van der Waals surface area contributed by atoms with Gasteiger partial charge in [-0.15, -0.1) is 0 Å². The molecule has 142 valence electrons. The fraction of sp³-hybridized carbons (Fsp3) is 0.556. The Hall–Kier alpha value is -2.11. The van der Waals surface area contributed by atoms with Crippen LogP contribution in [-0.2, 0) is 20.5 Å². The number of rotatable bonds is 4. The molecule has 1 heterocycles. The van der Waals surface area contributed by atoms with Crippen molar-refractivity contribution >= 4 is 16.1 Å². The molecule has 1 aromatic rings. The number of alkyl carbamates (subject to hydrolysis) is 1. The number of nitriles is 1. The van der Waals surface area contributed by atoms with Crippen LogP contribution in [0.4, 0.5) is 4.79 Å². The first-order chi connectivity index (χ1) is 12.1. The Balaban J connectivity index is 2.03. The van der Waals surface area contributed by atoms with E-state index in [0.717, 1.165) is 0 Å². The molecule has 1 aliphatic heterocycles. The van der Waals surface area contributed by atoms with Crippen LogP contribution in [0.25, 0.3) is 0 Å². The second-order valence-corrected chi connectivity index (χ2v) is 9.34. The summed E-state index contributed by atoms with van der Waals surface area (Å²) < 4.78 is 32.1. The van der Waals surface area contributed by atoms with Crippen LogP contribution in [0.3, 0.4) is 0 Å². The molecular weight excluding hydrogens is 354 g/mol. The number of nitrogens with zero attached hydrogens (tertiary/aromatic N) is 2. The number of carbonyl (C=O) groups excluding carboxylic acids is 1. The largest absolute Gasteiger partial charge is 0.444 e. The predicted octanol–water partition coefficient (Wildman–Crippen LogP) is 2.38. The molecule has 0 saturated carbocycles. The van der Waals surface area contributed by atoms with Gasteiger partial charge in [-0.1, -0.05) is 18.2 Å². The Bertz CT molecular complexity index is 793. The van der Waals surface area contributed by atoms with Crippen molar-refractivity contribution < 1.29 is 17.9 Å². The Kier molecular flexibility index (Phi) is 6.26. The van der Waals surface area contributed by atoms with E-state index in [2.05, 4.69) is 5.32 Å². The van der Waals surface area contributed by atoms with Gasteiger partial charge in [-0.05, 0) is 45.2 Å². The highest BCUT2D eigenvalue weighted by Crippen LogP contribution is 2.20. The minimum Gasteiger partial charge on any atom is -0.444 e. The molecule has 0 aliphatic carbocycles. The lowest BCUT2D eigenvalue weighted by atomic mass is 10.1. The molecule has 1 fully saturated rings. The summed E-state index contributed by atoms with van der Waals surface area (Å²) in [6.45, 7) is 5.93. The summed E-state index contributed by atoms with van der Waals surface area (Å²) in [6.07, 6.45) is 0.802. The molecule has 0 aromatic heterocycles. The summed E-state index contributed by atoms with van der Waals surface area (Å²) in [7, 11) is -3.58. The first-order valence-electron chi connectivity index (χ1n) is 8.56. The van der Waals surface area contributed by atoms with Gasteiger partial charge in [-0.2, -0.15) is 9.57 Å². The number of hydrogen-bond acceptors (Lipinski definition) is 5. The van der Waals surface area contributed by atoms with Crippen LogP contribution < -0.4 is 5.32 Å². The lowest BCUT2D eigenvalue weighted by Gasteiger charge is -2.33. The number of amides is 1. The molecule has 7 nitrogen and oxygen atoms in total. The minimum absolute atomic E-state index is 0.205. The Morgan fingerprint density at radius 2 is 2.08 bits per heavy atom. The van der Waals surface area contributed by atoms with E-state index >= 15 is 0 Å². The maximum absolute atomic E-state index is 12.8. The van der Waals surface area contributed by atoms with Crippen LogP contribution in [0.2, 0.25) is 0 Å². The topological polar surface area (TPSA) is 99.5 Å². The van der Waals surface area contributed by atoms with Crippen LogP contribution in [-0.4, -0.2) is 43.5 Å². The molecule has 2 rings (SSSR count). The van der Waals surface area contributed by atoms with Crippen molar-refractivity contribution in [2.75, 3.05) is 13.1 Å². The van der Waals surface area contributed by atoms with Crippen molar-refractivity contribution in [1.82, 2.24) is 9.62 Å². The van der Waals surface area contributed by atoms with Gasteiger partial charge in [0.15, 0.2) is 0 Å². The normalized spacial score (nSPS) is 18.8. The standard InChI is InChI=1S/C18H25N3O4S/c1-18(2,3)25-17(22)20-16-9-6-10-21(12-16)26(23,24)13-15-8-5-4-7-14(15)11-19/h4-5,7-8,16H,6,9-10,12-13H2,1-3H3,(H,20,22)/t16-/m0/s1. The van der Waals surface area contributed by atoms with E-state index in [1.807, 2.05) is 6.07 Å². The van der Waals surface area contributed by atoms with Gasteiger partial charge in [0, 0.05) is 19.1 Å². The number of ether oxygens (including phenoxy) is 1. The number of hydrogen-bond donors (Lipinski definition) is 1. The number of nitrogens with one attached hydrogen (secondary N) is 1. The molecule has 1 saturated heterocycles. The van der Waals surface area contributed by atoms with Crippen molar-refractivity contribution in [2.45, 2.75) is 51.0 Å². The molecule has 0 radical (unpaired) electrons. The number of piperidine rings is 1. The fourth-order valence-corrected chi connectivity index (χ4v) is 4.47.